The summed E-state index contributed by atoms with van der Waals surface area (Å²) in [6.07, 6.45) is 0.974. The third-order valence-corrected chi connectivity index (χ3v) is 4.05. The van der Waals surface area contributed by atoms with Gasteiger partial charge in [-0.15, -0.1) is 0 Å². The minimum Gasteiger partial charge on any atom is -0.393 e. The molecule has 106 valence electrons. The summed E-state index contributed by atoms with van der Waals surface area (Å²) in [7, 11) is 0. The standard InChI is InChI=1S/C15H25N3S/c1-5-18(10-9-15(3,4)14(16)19)11-13-8-6-7-12(2)17-13/h6-8H,5,9-11H2,1-4H3,(H2,16,19). The molecule has 0 bridgehead atoms. The average molecular weight is 279 g/mol. The Bertz CT molecular complexity index is 429. The van der Waals surface area contributed by atoms with Gasteiger partial charge in [-0.1, -0.05) is 39.1 Å². The first-order chi connectivity index (χ1) is 8.85. The Morgan fingerprint density at radius 2 is 2.11 bits per heavy atom. The van der Waals surface area contributed by atoms with Gasteiger partial charge in [0, 0.05) is 17.7 Å². The van der Waals surface area contributed by atoms with E-state index in [0.29, 0.717) is 4.99 Å². The van der Waals surface area contributed by atoms with Gasteiger partial charge < -0.3 is 5.73 Å². The first kappa shape index (κ1) is 16.1. The van der Waals surface area contributed by atoms with Gasteiger partial charge in [0.15, 0.2) is 0 Å². The van der Waals surface area contributed by atoms with E-state index in [4.69, 9.17) is 18.0 Å². The number of pyridine rings is 1. The fourth-order valence-electron chi connectivity index (χ4n) is 1.83. The van der Waals surface area contributed by atoms with Crippen molar-refractivity contribution in [2.24, 2.45) is 11.1 Å². The van der Waals surface area contributed by atoms with Gasteiger partial charge in [0.2, 0.25) is 0 Å². The largest absolute Gasteiger partial charge is 0.393 e. The normalized spacial score (nSPS) is 11.8. The fraction of sp³-hybridized carbons (Fsp3) is 0.600. The van der Waals surface area contributed by atoms with Gasteiger partial charge in [-0.05, 0) is 38.6 Å². The lowest BCUT2D eigenvalue weighted by Gasteiger charge is -2.27. The van der Waals surface area contributed by atoms with Gasteiger partial charge in [-0.3, -0.25) is 9.88 Å². The van der Waals surface area contributed by atoms with Crippen molar-refractivity contribution in [1.82, 2.24) is 9.88 Å². The fourth-order valence-corrected chi connectivity index (χ4v) is 1.93. The number of nitrogens with two attached hydrogens (primary N) is 1. The van der Waals surface area contributed by atoms with Crippen LogP contribution in [0.25, 0.3) is 0 Å². The molecule has 19 heavy (non-hydrogen) atoms. The van der Waals surface area contributed by atoms with Crippen LogP contribution in [0.5, 0.6) is 0 Å². The Morgan fingerprint density at radius 3 is 2.63 bits per heavy atom. The van der Waals surface area contributed by atoms with E-state index >= 15 is 0 Å². The second kappa shape index (κ2) is 6.96. The second-order valence-electron chi connectivity index (χ2n) is 5.64. The highest BCUT2D eigenvalue weighted by atomic mass is 32.1. The van der Waals surface area contributed by atoms with Crippen LogP contribution in [-0.2, 0) is 6.54 Å². The Morgan fingerprint density at radius 1 is 1.42 bits per heavy atom. The molecule has 0 saturated heterocycles. The number of aryl methyl sites for hydroxylation is 1. The quantitative estimate of drug-likeness (QED) is 0.779. The van der Waals surface area contributed by atoms with Crippen LogP contribution in [0.2, 0.25) is 0 Å². The molecule has 2 N–H and O–H groups in total. The SMILES string of the molecule is CCN(CCC(C)(C)C(N)=S)Cc1cccc(C)n1. The summed E-state index contributed by atoms with van der Waals surface area (Å²) in [5.41, 5.74) is 7.88. The van der Waals surface area contributed by atoms with Crippen molar-refractivity contribution in [2.75, 3.05) is 13.1 Å². The first-order valence-electron chi connectivity index (χ1n) is 6.80. The van der Waals surface area contributed by atoms with E-state index in [1.165, 1.54) is 0 Å². The van der Waals surface area contributed by atoms with E-state index in [0.717, 1.165) is 37.4 Å². The molecule has 0 amide bonds. The number of rotatable bonds is 7. The summed E-state index contributed by atoms with van der Waals surface area (Å²) in [6, 6.07) is 6.16. The molecule has 0 spiro atoms. The van der Waals surface area contributed by atoms with E-state index in [-0.39, 0.29) is 5.41 Å². The molecule has 3 nitrogen and oxygen atoms in total. The van der Waals surface area contributed by atoms with Gasteiger partial charge in [0.25, 0.3) is 0 Å². The zero-order valence-electron chi connectivity index (χ0n) is 12.4. The van der Waals surface area contributed by atoms with Crippen LogP contribution in [0, 0.1) is 12.3 Å². The van der Waals surface area contributed by atoms with Crippen LogP contribution in [0.4, 0.5) is 0 Å². The molecule has 0 aliphatic heterocycles. The van der Waals surface area contributed by atoms with Crippen molar-refractivity contribution >= 4 is 17.2 Å². The third kappa shape index (κ3) is 5.25. The Balaban J connectivity index is 2.57. The Hall–Kier alpha value is -1.00. The summed E-state index contributed by atoms with van der Waals surface area (Å²) in [5, 5.41) is 0. The minimum absolute atomic E-state index is 0.0806. The summed E-state index contributed by atoms with van der Waals surface area (Å²) < 4.78 is 0. The van der Waals surface area contributed by atoms with Gasteiger partial charge in [0.05, 0.1) is 10.7 Å². The average Bonchev–Trinajstić information content (AvgIpc) is 2.34. The van der Waals surface area contributed by atoms with Crippen LogP contribution in [-0.4, -0.2) is 28.0 Å². The smallest absolute Gasteiger partial charge is 0.0784 e. The Labute approximate surface area is 122 Å². The van der Waals surface area contributed by atoms with Crippen LogP contribution >= 0.6 is 12.2 Å². The van der Waals surface area contributed by atoms with E-state index < -0.39 is 0 Å². The summed E-state index contributed by atoms with van der Waals surface area (Å²) >= 11 is 5.11. The summed E-state index contributed by atoms with van der Waals surface area (Å²) in [5.74, 6) is 0. The van der Waals surface area contributed by atoms with Gasteiger partial charge in [-0.2, -0.15) is 0 Å². The molecule has 1 heterocycles. The number of aromatic nitrogens is 1. The van der Waals surface area contributed by atoms with Crippen LogP contribution in [0.1, 0.15) is 38.6 Å². The van der Waals surface area contributed by atoms with E-state index in [9.17, 15) is 0 Å². The molecule has 0 saturated carbocycles. The number of thiocarbonyl (C=S) groups is 1. The van der Waals surface area contributed by atoms with Crippen LogP contribution in [0.15, 0.2) is 18.2 Å². The maximum absolute atomic E-state index is 5.77. The zero-order valence-corrected chi connectivity index (χ0v) is 13.3. The van der Waals surface area contributed by atoms with Crippen molar-refractivity contribution in [3.8, 4) is 0 Å². The van der Waals surface area contributed by atoms with Gasteiger partial charge in [-0.25, -0.2) is 0 Å². The molecular formula is C15H25N3S. The predicted octanol–water partition coefficient (Wildman–Crippen LogP) is 2.91. The molecule has 0 radical (unpaired) electrons. The van der Waals surface area contributed by atoms with Crippen LogP contribution in [0.3, 0.4) is 0 Å². The number of nitrogens with zero attached hydrogens (tertiary/aromatic N) is 2. The number of hydrogen-bond acceptors (Lipinski definition) is 3. The van der Waals surface area contributed by atoms with E-state index in [2.05, 4.69) is 42.8 Å². The second-order valence-corrected chi connectivity index (χ2v) is 6.08. The summed E-state index contributed by atoms with van der Waals surface area (Å²) in [6.45, 7) is 11.3. The summed E-state index contributed by atoms with van der Waals surface area (Å²) in [4.78, 5) is 7.52. The zero-order chi connectivity index (χ0) is 14.5. The predicted molar refractivity (Wildman–Crippen MR) is 85.1 cm³/mol. The van der Waals surface area contributed by atoms with E-state index in [1.54, 1.807) is 0 Å². The third-order valence-electron chi connectivity index (χ3n) is 3.50. The molecule has 1 rings (SSSR count). The first-order valence-corrected chi connectivity index (χ1v) is 7.21. The van der Waals surface area contributed by atoms with Gasteiger partial charge in [0.1, 0.15) is 0 Å². The maximum Gasteiger partial charge on any atom is 0.0784 e. The number of hydrogen-bond donors (Lipinski definition) is 1. The Kier molecular flexibility index (Phi) is 5.88. The lowest BCUT2D eigenvalue weighted by Crippen LogP contribution is -2.35. The lowest BCUT2D eigenvalue weighted by atomic mass is 9.89. The minimum atomic E-state index is -0.0806. The van der Waals surface area contributed by atoms with Gasteiger partial charge >= 0.3 is 0 Å². The molecule has 1 aromatic heterocycles. The molecule has 0 fully saturated rings. The molecule has 1 aromatic rings. The molecule has 4 heteroatoms. The monoisotopic (exact) mass is 279 g/mol. The molecule has 0 unspecified atom stereocenters. The van der Waals surface area contributed by atoms with Crippen LogP contribution < -0.4 is 5.73 Å². The molecule has 0 aliphatic carbocycles. The van der Waals surface area contributed by atoms with Crippen molar-refractivity contribution < 1.29 is 0 Å². The van der Waals surface area contributed by atoms with Crippen molar-refractivity contribution in [1.29, 1.82) is 0 Å². The molecule has 0 atom stereocenters. The lowest BCUT2D eigenvalue weighted by molar-refractivity contribution is 0.247. The maximum atomic E-state index is 5.77. The molecule has 0 aromatic carbocycles. The van der Waals surface area contributed by atoms with Crippen molar-refractivity contribution in [3.63, 3.8) is 0 Å². The van der Waals surface area contributed by atoms with E-state index in [1.807, 2.05) is 13.0 Å². The highest BCUT2D eigenvalue weighted by molar-refractivity contribution is 7.80. The van der Waals surface area contributed by atoms with Crippen molar-refractivity contribution in [2.45, 2.75) is 40.7 Å². The molecular weight excluding hydrogens is 254 g/mol. The highest BCUT2D eigenvalue weighted by Gasteiger charge is 2.22. The molecule has 0 aliphatic rings. The van der Waals surface area contributed by atoms with Crippen molar-refractivity contribution in [3.05, 3.63) is 29.6 Å². The highest BCUT2D eigenvalue weighted by Crippen LogP contribution is 2.21. The topological polar surface area (TPSA) is 42.1 Å².